The molecular weight excluding hydrogens is 306 g/mol. The van der Waals surface area contributed by atoms with E-state index in [9.17, 15) is 15.2 Å². The third kappa shape index (κ3) is 3.03. The third-order valence-electron chi connectivity index (χ3n) is 3.59. The summed E-state index contributed by atoms with van der Waals surface area (Å²) in [7, 11) is 0. The molecule has 1 aromatic heterocycles. The monoisotopic (exact) mass is 321 g/mol. The second kappa shape index (κ2) is 6.37. The summed E-state index contributed by atoms with van der Waals surface area (Å²) in [6.45, 7) is 1.60. The van der Waals surface area contributed by atoms with Gasteiger partial charge in [0.15, 0.2) is 0 Å². The van der Waals surface area contributed by atoms with Crippen molar-refractivity contribution in [2.45, 2.75) is 6.92 Å². The van der Waals surface area contributed by atoms with Gasteiger partial charge in [0.25, 0.3) is 0 Å². The Balaban J connectivity index is 2.13. The van der Waals surface area contributed by atoms with Crippen LogP contribution in [0.2, 0.25) is 0 Å². The summed E-state index contributed by atoms with van der Waals surface area (Å²) < 4.78 is 0. The van der Waals surface area contributed by atoms with Crippen molar-refractivity contribution in [3.8, 4) is 17.0 Å². The molecule has 3 aromatic rings. The zero-order valence-corrected chi connectivity index (χ0v) is 12.9. The zero-order valence-electron chi connectivity index (χ0n) is 12.9. The molecule has 6 heteroatoms. The van der Waals surface area contributed by atoms with Gasteiger partial charge in [-0.2, -0.15) is 0 Å². The Bertz CT molecular complexity index is 895. The molecule has 0 aliphatic carbocycles. The number of hydrogen-bond donors (Lipinski definition) is 2. The lowest BCUT2D eigenvalue weighted by Gasteiger charge is -2.12. The molecule has 3 rings (SSSR count). The highest BCUT2D eigenvalue weighted by atomic mass is 16.6. The number of aromatic hydroxyl groups is 1. The van der Waals surface area contributed by atoms with Crippen molar-refractivity contribution in [1.82, 2.24) is 4.98 Å². The van der Waals surface area contributed by atoms with Crippen LogP contribution in [-0.2, 0) is 0 Å². The Morgan fingerprint density at radius 3 is 2.38 bits per heavy atom. The Hall–Kier alpha value is -3.41. The number of benzene rings is 2. The van der Waals surface area contributed by atoms with Crippen LogP contribution in [-0.4, -0.2) is 15.0 Å². The predicted molar refractivity (Wildman–Crippen MR) is 92.5 cm³/mol. The lowest BCUT2D eigenvalue weighted by atomic mass is 10.1. The van der Waals surface area contributed by atoms with Gasteiger partial charge in [-0.1, -0.05) is 42.5 Å². The molecule has 24 heavy (non-hydrogen) atoms. The van der Waals surface area contributed by atoms with E-state index in [2.05, 4.69) is 10.3 Å². The lowest BCUT2D eigenvalue weighted by molar-refractivity contribution is -0.384. The largest absolute Gasteiger partial charge is 0.506 e. The highest BCUT2D eigenvalue weighted by molar-refractivity contribution is 5.78. The maximum absolute atomic E-state index is 11.4. The van der Waals surface area contributed by atoms with E-state index in [0.29, 0.717) is 17.1 Å². The number of pyridine rings is 1. The van der Waals surface area contributed by atoms with Gasteiger partial charge in [0, 0.05) is 5.56 Å². The van der Waals surface area contributed by atoms with Crippen LogP contribution >= 0.6 is 0 Å². The van der Waals surface area contributed by atoms with Crippen molar-refractivity contribution < 1.29 is 10.0 Å². The first-order valence-corrected chi connectivity index (χ1v) is 7.32. The normalized spacial score (nSPS) is 10.4. The van der Waals surface area contributed by atoms with E-state index in [1.807, 2.05) is 30.3 Å². The Kier molecular flexibility index (Phi) is 4.11. The minimum atomic E-state index is -0.473. The van der Waals surface area contributed by atoms with Gasteiger partial charge in [0.05, 0.1) is 16.3 Å². The molecular formula is C18H15N3O3. The van der Waals surface area contributed by atoms with E-state index in [-0.39, 0.29) is 17.1 Å². The van der Waals surface area contributed by atoms with Crippen LogP contribution in [0.5, 0.6) is 5.75 Å². The van der Waals surface area contributed by atoms with E-state index < -0.39 is 4.92 Å². The van der Waals surface area contributed by atoms with Gasteiger partial charge in [0.1, 0.15) is 17.1 Å². The SMILES string of the molecule is Cc1nc(-c2ccccc2)cc(Nc2ccccc2O)c1[N+](=O)[O-]. The second-order valence-corrected chi connectivity index (χ2v) is 5.25. The molecule has 0 fully saturated rings. The number of hydrogen-bond acceptors (Lipinski definition) is 5. The van der Waals surface area contributed by atoms with Gasteiger partial charge in [0.2, 0.25) is 0 Å². The zero-order chi connectivity index (χ0) is 17.1. The molecule has 120 valence electrons. The van der Waals surface area contributed by atoms with Gasteiger partial charge >= 0.3 is 5.69 Å². The van der Waals surface area contributed by atoms with Crippen LogP contribution in [0, 0.1) is 17.0 Å². The van der Waals surface area contributed by atoms with Gasteiger partial charge < -0.3 is 10.4 Å². The van der Waals surface area contributed by atoms with Crippen LogP contribution in [0.3, 0.4) is 0 Å². The number of anilines is 2. The first-order chi connectivity index (χ1) is 11.6. The Morgan fingerprint density at radius 2 is 1.71 bits per heavy atom. The maximum Gasteiger partial charge on any atom is 0.313 e. The molecule has 0 saturated carbocycles. The molecule has 6 nitrogen and oxygen atoms in total. The molecule has 0 amide bonds. The number of aromatic nitrogens is 1. The van der Waals surface area contributed by atoms with Crippen LogP contribution < -0.4 is 5.32 Å². The molecule has 0 unspecified atom stereocenters. The number of nitro groups is 1. The molecule has 2 aromatic carbocycles. The molecule has 0 radical (unpaired) electrons. The van der Waals surface area contributed by atoms with Crippen molar-refractivity contribution in [2.24, 2.45) is 0 Å². The van der Waals surface area contributed by atoms with Crippen molar-refractivity contribution >= 4 is 17.1 Å². The number of phenolic OH excluding ortho intramolecular Hbond substituents is 1. The summed E-state index contributed by atoms with van der Waals surface area (Å²) in [5, 5.41) is 24.3. The lowest BCUT2D eigenvalue weighted by Crippen LogP contribution is -2.02. The van der Waals surface area contributed by atoms with E-state index in [0.717, 1.165) is 5.56 Å². The van der Waals surface area contributed by atoms with Crippen molar-refractivity contribution in [2.75, 3.05) is 5.32 Å². The molecule has 1 heterocycles. The van der Waals surface area contributed by atoms with Gasteiger partial charge in [-0.25, -0.2) is 4.98 Å². The van der Waals surface area contributed by atoms with Gasteiger partial charge in [-0.15, -0.1) is 0 Å². The van der Waals surface area contributed by atoms with E-state index >= 15 is 0 Å². The van der Waals surface area contributed by atoms with E-state index in [1.54, 1.807) is 31.2 Å². The molecule has 0 aliphatic rings. The number of para-hydroxylation sites is 2. The topological polar surface area (TPSA) is 88.3 Å². The summed E-state index contributed by atoms with van der Waals surface area (Å²) in [4.78, 5) is 15.3. The molecule has 2 N–H and O–H groups in total. The van der Waals surface area contributed by atoms with Crippen LogP contribution in [0.25, 0.3) is 11.3 Å². The fourth-order valence-corrected chi connectivity index (χ4v) is 2.47. The van der Waals surface area contributed by atoms with Gasteiger partial charge in [-0.3, -0.25) is 10.1 Å². The fourth-order valence-electron chi connectivity index (χ4n) is 2.47. The van der Waals surface area contributed by atoms with E-state index in [1.165, 1.54) is 6.07 Å². The average molecular weight is 321 g/mol. The number of rotatable bonds is 4. The fraction of sp³-hybridized carbons (Fsp3) is 0.0556. The molecule has 0 bridgehead atoms. The number of nitrogens with zero attached hydrogens (tertiary/aromatic N) is 2. The number of phenols is 1. The van der Waals surface area contributed by atoms with Crippen molar-refractivity contribution in [3.63, 3.8) is 0 Å². The predicted octanol–water partition coefficient (Wildman–Crippen LogP) is 4.41. The number of aryl methyl sites for hydroxylation is 1. The molecule has 0 spiro atoms. The summed E-state index contributed by atoms with van der Waals surface area (Å²) in [6.07, 6.45) is 0. The smallest absolute Gasteiger partial charge is 0.313 e. The van der Waals surface area contributed by atoms with Crippen molar-refractivity contribution in [3.05, 3.63) is 76.5 Å². The maximum atomic E-state index is 11.4. The van der Waals surface area contributed by atoms with Crippen LogP contribution in [0.1, 0.15) is 5.69 Å². The molecule has 0 atom stereocenters. The second-order valence-electron chi connectivity index (χ2n) is 5.25. The standard InChI is InChI=1S/C18H15N3O3/c1-12-18(21(23)24)16(20-14-9-5-6-10-17(14)22)11-15(19-12)13-7-3-2-4-8-13/h2-11,22H,1H3,(H,19,20). The first-order valence-electron chi connectivity index (χ1n) is 7.32. The third-order valence-corrected chi connectivity index (χ3v) is 3.59. The summed E-state index contributed by atoms with van der Waals surface area (Å²) in [6, 6.07) is 17.6. The summed E-state index contributed by atoms with van der Waals surface area (Å²) >= 11 is 0. The van der Waals surface area contributed by atoms with Crippen molar-refractivity contribution in [1.29, 1.82) is 0 Å². The first kappa shape index (κ1) is 15.5. The number of nitrogens with one attached hydrogen (secondary N) is 1. The minimum absolute atomic E-state index is 0.0162. The molecule has 0 saturated heterocycles. The quantitative estimate of drug-likeness (QED) is 0.422. The van der Waals surface area contributed by atoms with Crippen LogP contribution in [0.4, 0.5) is 17.1 Å². The summed E-state index contributed by atoms with van der Waals surface area (Å²) in [5.41, 5.74) is 2.35. The highest BCUT2D eigenvalue weighted by Crippen LogP contribution is 2.35. The summed E-state index contributed by atoms with van der Waals surface area (Å²) in [5.74, 6) is 0.0162. The van der Waals surface area contributed by atoms with Gasteiger partial charge in [-0.05, 0) is 25.1 Å². The molecule has 0 aliphatic heterocycles. The Morgan fingerprint density at radius 1 is 1.04 bits per heavy atom. The van der Waals surface area contributed by atoms with Crippen LogP contribution in [0.15, 0.2) is 60.7 Å². The highest BCUT2D eigenvalue weighted by Gasteiger charge is 2.21. The van der Waals surface area contributed by atoms with E-state index in [4.69, 9.17) is 0 Å². The Labute approximate surface area is 138 Å². The average Bonchev–Trinajstić information content (AvgIpc) is 2.57. The minimum Gasteiger partial charge on any atom is -0.506 e.